The largest absolute Gasteiger partial charge is 0.478 e. The van der Waals surface area contributed by atoms with Crippen LogP contribution in [0, 0.1) is 0 Å². The highest BCUT2D eigenvalue weighted by molar-refractivity contribution is 6.42. The van der Waals surface area contributed by atoms with Crippen LogP contribution in [0.2, 0.25) is 15.1 Å². The number of ether oxygens (including phenoxy) is 1. The highest BCUT2D eigenvalue weighted by Crippen LogP contribution is 2.47. The Balaban J connectivity index is 2.06. The van der Waals surface area contributed by atoms with Crippen LogP contribution in [-0.4, -0.2) is 33.7 Å². The van der Waals surface area contributed by atoms with Gasteiger partial charge >= 0.3 is 11.9 Å². The quantitative estimate of drug-likeness (QED) is 0.311. The molecule has 9 heteroatoms. The fourth-order valence-electron chi connectivity index (χ4n) is 3.89. The smallest absolute Gasteiger partial charge is 0.338 e. The lowest BCUT2D eigenvalue weighted by Crippen LogP contribution is -2.55. The molecule has 1 aromatic carbocycles. The molecular weight excluding hydrogens is 475 g/mol. The molecule has 0 spiro atoms. The summed E-state index contributed by atoms with van der Waals surface area (Å²) in [6, 6.07) is 2.21. The third-order valence-corrected chi connectivity index (χ3v) is 6.20. The summed E-state index contributed by atoms with van der Waals surface area (Å²) in [7, 11) is 0. The number of halogens is 3. The first-order valence-electron chi connectivity index (χ1n) is 10.1. The van der Waals surface area contributed by atoms with Gasteiger partial charge in [0.1, 0.15) is 11.6 Å². The Morgan fingerprint density at radius 3 is 2.28 bits per heavy atom. The number of hydrogen-bond acceptors (Lipinski definition) is 4. The summed E-state index contributed by atoms with van der Waals surface area (Å²) >= 11 is 18.7. The number of carboxylic acids is 1. The van der Waals surface area contributed by atoms with Crippen LogP contribution in [0.25, 0.3) is 11.1 Å². The fourth-order valence-corrected chi connectivity index (χ4v) is 4.91. The van der Waals surface area contributed by atoms with Crippen molar-refractivity contribution >= 4 is 46.7 Å². The number of benzene rings is 1. The van der Waals surface area contributed by atoms with E-state index in [1.54, 1.807) is 27.0 Å². The second-order valence-corrected chi connectivity index (χ2v) is 10.1. The van der Waals surface area contributed by atoms with Gasteiger partial charge in [-0.25, -0.2) is 9.59 Å². The molecule has 0 bridgehead atoms. The van der Waals surface area contributed by atoms with Crippen molar-refractivity contribution < 1.29 is 19.4 Å². The van der Waals surface area contributed by atoms with Crippen molar-refractivity contribution in [1.82, 2.24) is 10.3 Å². The lowest BCUT2D eigenvalue weighted by Gasteiger charge is -2.44. The maximum Gasteiger partial charge on any atom is 0.338 e. The Labute approximate surface area is 201 Å². The van der Waals surface area contributed by atoms with E-state index in [9.17, 15) is 14.7 Å². The number of carbonyl (C=O) groups excluding carboxylic acids is 1. The summed E-state index contributed by atoms with van der Waals surface area (Å²) in [5.74, 6) is -1.62. The Morgan fingerprint density at radius 2 is 1.84 bits per heavy atom. The molecule has 6 nitrogen and oxygen atoms in total. The molecule has 1 unspecified atom stereocenters. The molecular formula is C23H25Cl3N2O4. The van der Waals surface area contributed by atoms with E-state index in [-0.39, 0.29) is 15.6 Å². The molecule has 3 rings (SSSR count). The highest BCUT2D eigenvalue weighted by Gasteiger charge is 2.45. The van der Waals surface area contributed by atoms with Crippen molar-refractivity contribution in [3.63, 3.8) is 0 Å². The van der Waals surface area contributed by atoms with Gasteiger partial charge in [-0.1, -0.05) is 40.9 Å². The molecule has 1 atom stereocenters. The lowest BCUT2D eigenvalue weighted by atomic mass is 9.72. The summed E-state index contributed by atoms with van der Waals surface area (Å²) < 4.78 is 5.49. The summed E-state index contributed by atoms with van der Waals surface area (Å²) in [5.41, 5.74) is -0.230. The summed E-state index contributed by atoms with van der Waals surface area (Å²) in [6.07, 6.45) is 5.15. The topological polar surface area (TPSA) is 91.4 Å². The monoisotopic (exact) mass is 498 g/mol. The van der Waals surface area contributed by atoms with E-state index in [1.807, 2.05) is 0 Å². The van der Waals surface area contributed by atoms with Crippen LogP contribution in [0.4, 0.5) is 0 Å². The molecule has 1 aliphatic rings. The van der Waals surface area contributed by atoms with Gasteiger partial charge < -0.3 is 14.8 Å². The maximum atomic E-state index is 12.7. The number of hydrogen-bond donors (Lipinski definition) is 3. The average Bonchev–Trinajstić information content (AvgIpc) is 3.04. The van der Waals surface area contributed by atoms with Crippen LogP contribution < -0.4 is 5.32 Å². The molecule has 32 heavy (non-hydrogen) atoms. The third-order valence-electron chi connectivity index (χ3n) is 5.38. The number of carbonyl (C=O) groups is 2. The van der Waals surface area contributed by atoms with Crippen molar-refractivity contribution in [2.75, 3.05) is 0 Å². The van der Waals surface area contributed by atoms with E-state index >= 15 is 0 Å². The van der Waals surface area contributed by atoms with E-state index in [4.69, 9.17) is 39.5 Å². The first kappa shape index (κ1) is 24.6. The molecule has 3 N–H and O–H groups in total. The molecule has 1 aliphatic carbocycles. The predicted octanol–water partition coefficient (Wildman–Crippen LogP) is 6.21. The second kappa shape index (κ2) is 9.10. The van der Waals surface area contributed by atoms with Gasteiger partial charge in [-0.2, -0.15) is 0 Å². The van der Waals surface area contributed by atoms with E-state index in [0.717, 1.165) is 6.42 Å². The van der Waals surface area contributed by atoms with Crippen molar-refractivity contribution in [3.8, 4) is 11.1 Å². The van der Waals surface area contributed by atoms with Gasteiger partial charge in [0.2, 0.25) is 0 Å². The zero-order valence-electron chi connectivity index (χ0n) is 18.0. The molecule has 0 amide bonds. The van der Waals surface area contributed by atoms with Crippen LogP contribution >= 0.6 is 34.8 Å². The number of aromatic amines is 1. The number of carboxylic acid groups (broad SMARTS) is 1. The van der Waals surface area contributed by atoms with Crippen LogP contribution in [-0.2, 0) is 15.1 Å². The molecule has 1 saturated carbocycles. The zero-order chi connectivity index (χ0) is 23.8. The molecule has 1 aromatic heterocycles. The van der Waals surface area contributed by atoms with Gasteiger partial charge in [0.15, 0.2) is 0 Å². The van der Waals surface area contributed by atoms with Gasteiger partial charge in [-0.15, -0.1) is 6.58 Å². The molecule has 0 aliphatic heterocycles. The predicted molar refractivity (Wildman–Crippen MR) is 127 cm³/mol. The zero-order valence-corrected chi connectivity index (χ0v) is 20.3. The number of nitrogens with one attached hydrogen (secondary N) is 2. The minimum absolute atomic E-state index is 0.0373. The van der Waals surface area contributed by atoms with Gasteiger partial charge in [0, 0.05) is 22.3 Å². The molecule has 1 fully saturated rings. The number of aromatic nitrogens is 1. The Morgan fingerprint density at radius 1 is 1.25 bits per heavy atom. The van der Waals surface area contributed by atoms with Crippen molar-refractivity contribution in [3.05, 3.63) is 57.3 Å². The number of aromatic carboxylic acids is 1. The SMILES string of the molecule is C=CC(NC1(c2[nH]cc(-c3c(Cl)cc(Cl)cc3Cl)c2C(=O)O)CCC1)C(=O)OC(C)(C)C. The molecule has 1 heterocycles. The molecule has 2 aromatic rings. The van der Waals surface area contributed by atoms with E-state index in [1.165, 1.54) is 18.2 Å². The fraction of sp³-hybridized carbons (Fsp3) is 0.391. The van der Waals surface area contributed by atoms with Crippen molar-refractivity contribution in [2.24, 2.45) is 0 Å². The van der Waals surface area contributed by atoms with Gasteiger partial charge in [-0.05, 0) is 52.2 Å². The second-order valence-electron chi connectivity index (χ2n) is 8.83. The van der Waals surface area contributed by atoms with Gasteiger partial charge in [0.25, 0.3) is 0 Å². The average molecular weight is 500 g/mol. The summed E-state index contributed by atoms with van der Waals surface area (Å²) in [4.78, 5) is 28.1. The summed E-state index contributed by atoms with van der Waals surface area (Å²) in [5, 5.41) is 14.2. The van der Waals surface area contributed by atoms with E-state index in [2.05, 4.69) is 16.9 Å². The number of esters is 1. The normalized spacial score (nSPS) is 16.2. The van der Waals surface area contributed by atoms with Gasteiger partial charge in [0.05, 0.1) is 26.8 Å². The first-order valence-corrected chi connectivity index (χ1v) is 11.2. The minimum atomic E-state index is -1.14. The van der Waals surface area contributed by atoms with E-state index < -0.39 is 29.1 Å². The number of H-pyrrole nitrogens is 1. The third kappa shape index (κ3) is 4.84. The number of rotatable bonds is 7. The van der Waals surface area contributed by atoms with Crippen molar-refractivity contribution in [1.29, 1.82) is 0 Å². The highest BCUT2D eigenvalue weighted by atomic mass is 35.5. The van der Waals surface area contributed by atoms with Crippen LogP contribution in [0.1, 0.15) is 56.1 Å². The first-order chi connectivity index (χ1) is 14.9. The van der Waals surface area contributed by atoms with Crippen LogP contribution in [0.15, 0.2) is 31.0 Å². The van der Waals surface area contributed by atoms with E-state index in [0.29, 0.717) is 34.7 Å². The minimum Gasteiger partial charge on any atom is -0.478 e. The Kier molecular flexibility index (Phi) is 7.01. The van der Waals surface area contributed by atoms with Crippen molar-refractivity contribution in [2.45, 2.75) is 57.2 Å². The summed E-state index contributed by atoms with van der Waals surface area (Å²) in [6.45, 7) is 9.10. The van der Waals surface area contributed by atoms with Crippen LogP contribution in [0.3, 0.4) is 0 Å². The molecule has 0 radical (unpaired) electrons. The Hall–Kier alpha value is -1.99. The maximum absolute atomic E-state index is 12.7. The Bertz CT molecular complexity index is 1040. The lowest BCUT2D eigenvalue weighted by molar-refractivity contribution is -0.157. The molecule has 0 saturated heterocycles. The standard InChI is InChI=1S/C23H25Cl3N2O4/c1-5-16(21(31)32-22(2,3)4)28-23(7-6-8-23)19-18(20(29)30)13(11-27-19)17-14(25)9-12(24)10-15(17)26/h5,9-11,16,27-28H,1,6-8H2,2-4H3,(H,29,30). The van der Waals surface area contributed by atoms with Gasteiger partial charge in [-0.3, -0.25) is 5.32 Å². The molecule has 172 valence electrons. The van der Waals surface area contributed by atoms with Crippen LogP contribution in [0.5, 0.6) is 0 Å².